The van der Waals surface area contributed by atoms with Crippen LogP contribution < -0.4 is 5.73 Å². The van der Waals surface area contributed by atoms with Crippen molar-refractivity contribution in [3.05, 3.63) is 83.2 Å². The minimum Gasteiger partial charge on any atom is -0.463 e. The van der Waals surface area contributed by atoms with Crippen LogP contribution in [-0.4, -0.2) is 60.3 Å². The number of amides is 1. The van der Waals surface area contributed by atoms with Gasteiger partial charge in [0.15, 0.2) is 17.3 Å². The number of ether oxygens (including phenoxy) is 1. The molecule has 3 heterocycles. The summed E-state index contributed by atoms with van der Waals surface area (Å²) in [6, 6.07) is 9.42. The zero-order valence-corrected chi connectivity index (χ0v) is 29.1. The molecule has 0 radical (unpaired) electrons. The monoisotopic (exact) mass is 752 g/mol. The van der Waals surface area contributed by atoms with Gasteiger partial charge in [0.25, 0.3) is 12.3 Å². The average molecular weight is 753 g/mol. The molecule has 0 fully saturated rings. The van der Waals surface area contributed by atoms with Crippen molar-refractivity contribution in [1.29, 1.82) is 0 Å². The lowest BCUT2D eigenvalue weighted by Gasteiger charge is -2.35. The van der Waals surface area contributed by atoms with E-state index < -0.39 is 73.0 Å². The summed E-state index contributed by atoms with van der Waals surface area (Å²) in [6.45, 7) is 3.42. The maximum absolute atomic E-state index is 14.8. The number of carbonyl (C=O) groups excluding carboxylic acids is 2. The number of carbonyl (C=O) groups is 2. The predicted octanol–water partition coefficient (Wildman–Crippen LogP) is 7.48. The summed E-state index contributed by atoms with van der Waals surface area (Å²) in [5.41, 5.74) is 5.87. The molecule has 1 amide bonds. The van der Waals surface area contributed by atoms with Crippen LogP contribution >= 0.6 is 11.6 Å². The number of guanidine groups is 1. The zero-order chi connectivity index (χ0) is 38.1. The first-order valence-corrected chi connectivity index (χ1v) is 16.3. The highest BCUT2D eigenvalue weighted by Gasteiger charge is 2.53. The molecule has 2 aromatic heterocycles. The van der Waals surface area contributed by atoms with Gasteiger partial charge in [-0.05, 0) is 40.7 Å². The third-order valence-electron chi connectivity index (χ3n) is 8.39. The Morgan fingerprint density at radius 2 is 1.71 bits per heavy atom. The number of nitrogens with two attached hydrogens (primary N) is 1. The maximum Gasteiger partial charge on any atom is 0.333 e. The van der Waals surface area contributed by atoms with E-state index >= 15 is 0 Å². The Morgan fingerprint density at radius 1 is 1.02 bits per heavy atom. The van der Waals surface area contributed by atoms with E-state index in [9.17, 15) is 35.9 Å². The number of aliphatic imine (C=N–C) groups is 1. The lowest BCUT2D eigenvalue weighted by Crippen LogP contribution is -2.47. The fourth-order valence-electron chi connectivity index (χ4n) is 5.99. The summed E-state index contributed by atoms with van der Waals surface area (Å²) in [5.74, 6) is -3.91. The van der Waals surface area contributed by atoms with Crippen LogP contribution in [-0.2, 0) is 19.9 Å². The van der Waals surface area contributed by atoms with Crippen molar-refractivity contribution < 1.29 is 40.7 Å². The standard InChI is InChI=1S/C34H35ClF6N8O3/c1-18(27(36)37)11-26(50)52-15-25(20-7-10-23(35)24(12-20)49-29(28(38)39)43-17-45-49)48-30(51)34(46-32(48)42,16-33(2,3)4)22-8-5-19(6-9-22)21-13-44-47(14-21)31(40)41/h5-10,12-14,17-18,25,27-28,31H,11,15-16H2,1-4H3,(H2,42,46)/t18-,25+,34+/m0/s1. The Balaban J connectivity index is 1.58. The second-order valence-corrected chi connectivity index (χ2v) is 14.0. The van der Waals surface area contributed by atoms with E-state index in [2.05, 4.69) is 15.2 Å². The maximum atomic E-state index is 14.8. The number of aromatic nitrogens is 5. The molecule has 3 atom stereocenters. The van der Waals surface area contributed by atoms with Crippen molar-refractivity contribution in [3.63, 3.8) is 0 Å². The van der Waals surface area contributed by atoms with Crippen LogP contribution in [0.1, 0.15) is 76.5 Å². The van der Waals surface area contributed by atoms with Gasteiger partial charge >= 0.3 is 12.5 Å². The summed E-state index contributed by atoms with van der Waals surface area (Å²) in [6.07, 6.45) is -2.94. The predicted molar refractivity (Wildman–Crippen MR) is 178 cm³/mol. The highest BCUT2D eigenvalue weighted by atomic mass is 35.5. The van der Waals surface area contributed by atoms with Gasteiger partial charge in [0.2, 0.25) is 6.43 Å². The van der Waals surface area contributed by atoms with Crippen LogP contribution in [0, 0.1) is 11.3 Å². The summed E-state index contributed by atoms with van der Waals surface area (Å²) in [4.78, 5) is 37.0. The van der Waals surface area contributed by atoms with Crippen molar-refractivity contribution in [2.75, 3.05) is 6.61 Å². The molecule has 0 saturated carbocycles. The zero-order valence-electron chi connectivity index (χ0n) is 28.4. The molecule has 2 aromatic carbocycles. The van der Waals surface area contributed by atoms with E-state index in [0.717, 1.165) is 15.9 Å². The number of esters is 1. The lowest BCUT2D eigenvalue weighted by atomic mass is 9.75. The van der Waals surface area contributed by atoms with Gasteiger partial charge in [-0.3, -0.25) is 14.5 Å². The number of halogens is 7. The lowest BCUT2D eigenvalue weighted by molar-refractivity contribution is -0.149. The minimum atomic E-state index is -3.02. The quantitative estimate of drug-likeness (QED) is 0.111. The molecule has 5 rings (SSSR count). The Hall–Kier alpha value is -4.93. The number of benzene rings is 2. The van der Waals surface area contributed by atoms with Crippen LogP contribution in [0.4, 0.5) is 26.3 Å². The third kappa shape index (κ3) is 7.93. The van der Waals surface area contributed by atoms with Crippen molar-refractivity contribution in [2.45, 2.75) is 71.5 Å². The smallest absolute Gasteiger partial charge is 0.333 e. The molecule has 0 saturated heterocycles. The topological polar surface area (TPSA) is 134 Å². The van der Waals surface area contributed by atoms with Crippen LogP contribution in [0.5, 0.6) is 0 Å². The van der Waals surface area contributed by atoms with Gasteiger partial charge in [0, 0.05) is 17.7 Å². The first kappa shape index (κ1) is 38.3. The van der Waals surface area contributed by atoms with Crippen molar-refractivity contribution in [3.8, 4) is 16.8 Å². The molecular formula is C34H35ClF6N8O3. The highest BCUT2D eigenvalue weighted by Crippen LogP contribution is 2.45. The van der Waals surface area contributed by atoms with Gasteiger partial charge < -0.3 is 10.5 Å². The molecule has 4 aromatic rings. The second kappa shape index (κ2) is 15.0. The Kier molecular flexibility index (Phi) is 11.0. The SMILES string of the molecule is C[C@@H](CC(=O)OC[C@H](c1ccc(Cl)c(-n2ncnc2C(F)F)c1)N1C(=O)[C@@](CC(C)(C)C)(c2ccc(-c3cnn(C(F)F)c3)cc2)N=C1N)C(F)F. The van der Waals surface area contributed by atoms with Gasteiger partial charge in [-0.2, -0.15) is 19.0 Å². The summed E-state index contributed by atoms with van der Waals surface area (Å²) in [7, 11) is 0. The molecule has 0 spiro atoms. The largest absolute Gasteiger partial charge is 0.463 e. The minimum absolute atomic E-state index is 0.00620. The first-order valence-electron chi connectivity index (χ1n) is 16.0. The molecule has 0 unspecified atom stereocenters. The number of nitrogens with zero attached hydrogens (tertiary/aromatic N) is 7. The molecular weight excluding hydrogens is 718 g/mol. The van der Waals surface area contributed by atoms with Crippen LogP contribution in [0.2, 0.25) is 5.02 Å². The van der Waals surface area contributed by atoms with Crippen molar-refractivity contribution in [2.24, 2.45) is 22.1 Å². The molecule has 52 heavy (non-hydrogen) atoms. The van der Waals surface area contributed by atoms with E-state index in [1.807, 2.05) is 20.8 Å². The number of hydrogen-bond donors (Lipinski definition) is 1. The van der Waals surface area contributed by atoms with Gasteiger partial charge in [-0.15, -0.1) is 0 Å². The Labute approximate surface area is 299 Å². The van der Waals surface area contributed by atoms with Crippen LogP contribution in [0.15, 0.2) is 66.2 Å². The van der Waals surface area contributed by atoms with Crippen LogP contribution in [0.3, 0.4) is 0 Å². The Bertz CT molecular complexity index is 1950. The molecule has 1 aliphatic rings. The second-order valence-electron chi connectivity index (χ2n) is 13.6. The molecule has 1 aliphatic heterocycles. The normalized spacial score (nSPS) is 17.7. The molecule has 0 bridgehead atoms. The van der Waals surface area contributed by atoms with E-state index in [1.54, 1.807) is 24.3 Å². The summed E-state index contributed by atoms with van der Waals surface area (Å²) in [5, 5.41) is 7.54. The van der Waals surface area contributed by atoms with E-state index in [0.29, 0.717) is 21.4 Å². The van der Waals surface area contributed by atoms with Gasteiger partial charge in [0.05, 0.1) is 29.4 Å². The molecule has 0 aliphatic carbocycles. The van der Waals surface area contributed by atoms with Gasteiger partial charge in [-0.1, -0.05) is 69.6 Å². The first-order chi connectivity index (χ1) is 24.4. The fraction of sp³-hybridized carbons (Fsp3) is 0.412. The third-order valence-corrected chi connectivity index (χ3v) is 8.71. The van der Waals surface area contributed by atoms with Crippen molar-refractivity contribution >= 4 is 29.4 Å². The summed E-state index contributed by atoms with van der Waals surface area (Å²) >= 11 is 6.41. The number of rotatable bonds is 13. The molecule has 18 heteroatoms. The van der Waals surface area contributed by atoms with Crippen molar-refractivity contribution in [1.82, 2.24) is 29.4 Å². The molecule has 278 valence electrons. The van der Waals surface area contributed by atoms with E-state index in [1.165, 1.54) is 37.5 Å². The van der Waals surface area contributed by atoms with Gasteiger partial charge in [0.1, 0.15) is 12.9 Å². The van der Waals surface area contributed by atoms with Gasteiger partial charge in [-0.25, -0.2) is 36.9 Å². The fourth-order valence-corrected chi connectivity index (χ4v) is 6.19. The molecule has 2 N–H and O–H groups in total. The summed E-state index contributed by atoms with van der Waals surface area (Å²) < 4.78 is 87.2. The highest BCUT2D eigenvalue weighted by molar-refractivity contribution is 6.32. The van der Waals surface area contributed by atoms with E-state index in [4.69, 9.17) is 27.1 Å². The average Bonchev–Trinajstić information content (AvgIpc) is 3.81. The Morgan fingerprint density at radius 3 is 2.31 bits per heavy atom. The number of hydrogen-bond acceptors (Lipinski definition) is 8. The number of alkyl halides is 6. The molecule has 11 nitrogen and oxygen atoms in total. The van der Waals surface area contributed by atoms with E-state index in [-0.39, 0.29) is 28.7 Å². The van der Waals surface area contributed by atoms with Crippen LogP contribution in [0.25, 0.3) is 16.8 Å².